The molecule has 0 aliphatic heterocycles. The molecule has 1 N–H and O–H groups in total. The van der Waals surface area contributed by atoms with Crippen LogP contribution in [0.1, 0.15) is 44.4 Å². The van der Waals surface area contributed by atoms with E-state index in [1.807, 2.05) is 0 Å². The topological polar surface area (TPSA) is 21.3 Å². The van der Waals surface area contributed by atoms with Crippen LogP contribution in [0.4, 0.5) is 0 Å². The maximum absolute atomic E-state index is 5.66. The van der Waals surface area contributed by atoms with Gasteiger partial charge in [0.25, 0.3) is 0 Å². The number of benzene rings is 1. The fourth-order valence-electron chi connectivity index (χ4n) is 2.22. The van der Waals surface area contributed by atoms with Gasteiger partial charge in [-0.2, -0.15) is 0 Å². The molecule has 0 atom stereocenters. The highest BCUT2D eigenvalue weighted by atomic mass is 16.5. The van der Waals surface area contributed by atoms with E-state index >= 15 is 0 Å². The maximum Gasteiger partial charge on any atom is 0.0591 e. The molecular formula is C17H29NO. The van der Waals surface area contributed by atoms with Crippen LogP contribution in [-0.2, 0) is 24.0 Å². The predicted molar refractivity (Wildman–Crippen MR) is 82.9 cm³/mol. The summed E-state index contributed by atoms with van der Waals surface area (Å²) in [6, 6.07) is 7.40. The predicted octanol–water partition coefficient (Wildman–Crippen LogP) is 3.37. The quantitative estimate of drug-likeness (QED) is 0.690. The van der Waals surface area contributed by atoms with E-state index in [1.165, 1.54) is 16.7 Å². The van der Waals surface area contributed by atoms with Crippen molar-refractivity contribution in [1.82, 2.24) is 5.32 Å². The molecule has 0 bridgehead atoms. The molecule has 0 fully saturated rings. The van der Waals surface area contributed by atoms with Gasteiger partial charge in [-0.1, -0.05) is 45.9 Å². The summed E-state index contributed by atoms with van der Waals surface area (Å²) in [6.45, 7) is 11.3. The Morgan fingerprint density at radius 2 is 1.79 bits per heavy atom. The summed E-state index contributed by atoms with van der Waals surface area (Å²) >= 11 is 0. The minimum absolute atomic E-state index is 0.539. The third-order valence-electron chi connectivity index (χ3n) is 3.37. The summed E-state index contributed by atoms with van der Waals surface area (Å²) in [5.74, 6) is 0. The van der Waals surface area contributed by atoms with E-state index in [1.54, 1.807) is 0 Å². The first-order valence-electron chi connectivity index (χ1n) is 7.59. The van der Waals surface area contributed by atoms with Crippen LogP contribution >= 0.6 is 0 Å². The van der Waals surface area contributed by atoms with Crippen molar-refractivity contribution < 1.29 is 4.74 Å². The summed E-state index contributed by atoms with van der Waals surface area (Å²) in [7, 11) is 0. The van der Waals surface area contributed by atoms with Gasteiger partial charge in [0.05, 0.1) is 13.2 Å². The molecule has 2 heteroatoms. The molecule has 0 amide bonds. The zero-order chi connectivity index (χ0) is 14.1. The van der Waals surface area contributed by atoms with Crippen molar-refractivity contribution >= 4 is 0 Å². The van der Waals surface area contributed by atoms with Crippen molar-refractivity contribution in [2.75, 3.05) is 19.8 Å². The van der Waals surface area contributed by atoms with Gasteiger partial charge in [0.1, 0.15) is 0 Å². The van der Waals surface area contributed by atoms with E-state index in [4.69, 9.17) is 4.74 Å². The highest BCUT2D eigenvalue weighted by Gasteiger charge is 2.01. The second-order valence-electron chi connectivity index (χ2n) is 5.28. The molecule has 0 aromatic heterocycles. The Kier molecular flexibility index (Phi) is 7.76. The Hall–Kier alpha value is -0.860. The van der Waals surface area contributed by atoms with Crippen molar-refractivity contribution in [3.63, 3.8) is 0 Å². The molecule has 0 heterocycles. The minimum Gasteiger partial charge on any atom is -0.380 e. The molecule has 0 saturated heterocycles. The van der Waals surface area contributed by atoms with Crippen LogP contribution in [0, 0.1) is 0 Å². The molecule has 0 unspecified atom stereocenters. The Balaban J connectivity index is 2.29. The second kappa shape index (κ2) is 9.11. The van der Waals surface area contributed by atoms with Gasteiger partial charge in [-0.3, -0.25) is 0 Å². The van der Waals surface area contributed by atoms with E-state index in [9.17, 15) is 0 Å². The van der Waals surface area contributed by atoms with Gasteiger partial charge in [0.2, 0.25) is 0 Å². The average Bonchev–Trinajstić information content (AvgIpc) is 2.42. The third-order valence-corrected chi connectivity index (χ3v) is 3.37. The maximum atomic E-state index is 5.66. The lowest BCUT2D eigenvalue weighted by Crippen LogP contribution is -2.26. The molecule has 0 aliphatic carbocycles. The van der Waals surface area contributed by atoms with Gasteiger partial charge in [-0.25, -0.2) is 0 Å². The zero-order valence-electron chi connectivity index (χ0n) is 13.0. The van der Waals surface area contributed by atoms with Crippen LogP contribution in [-0.4, -0.2) is 25.8 Å². The van der Waals surface area contributed by atoms with Crippen LogP contribution in [0.5, 0.6) is 0 Å². The van der Waals surface area contributed by atoms with Crippen molar-refractivity contribution in [2.45, 2.75) is 53.0 Å². The Bertz CT molecular complexity index is 360. The largest absolute Gasteiger partial charge is 0.380 e. The van der Waals surface area contributed by atoms with Crippen molar-refractivity contribution in [2.24, 2.45) is 0 Å². The molecule has 2 nitrogen and oxygen atoms in total. The SMILES string of the molecule is CCc1ccc(CCOCCNC(C)C)cc1CC. The third kappa shape index (κ3) is 6.22. The number of aryl methyl sites for hydroxylation is 2. The molecular weight excluding hydrogens is 234 g/mol. The van der Waals surface area contributed by atoms with Crippen LogP contribution in [0.2, 0.25) is 0 Å². The molecule has 19 heavy (non-hydrogen) atoms. The van der Waals surface area contributed by atoms with Gasteiger partial charge >= 0.3 is 0 Å². The molecule has 1 rings (SSSR count). The van der Waals surface area contributed by atoms with Gasteiger partial charge < -0.3 is 10.1 Å². The van der Waals surface area contributed by atoms with E-state index < -0.39 is 0 Å². The van der Waals surface area contributed by atoms with E-state index in [-0.39, 0.29) is 0 Å². The van der Waals surface area contributed by atoms with Crippen molar-refractivity contribution in [3.8, 4) is 0 Å². The Morgan fingerprint density at radius 1 is 1.05 bits per heavy atom. The van der Waals surface area contributed by atoms with Crippen LogP contribution in [0.3, 0.4) is 0 Å². The van der Waals surface area contributed by atoms with Gasteiger partial charge in [0.15, 0.2) is 0 Å². The molecule has 1 aromatic carbocycles. The molecule has 0 aliphatic rings. The summed E-state index contributed by atoms with van der Waals surface area (Å²) < 4.78 is 5.66. The van der Waals surface area contributed by atoms with Gasteiger partial charge in [-0.05, 0) is 36.0 Å². The molecule has 1 aromatic rings. The van der Waals surface area contributed by atoms with Crippen LogP contribution in [0.25, 0.3) is 0 Å². The van der Waals surface area contributed by atoms with E-state index in [0.29, 0.717) is 6.04 Å². The lowest BCUT2D eigenvalue weighted by molar-refractivity contribution is 0.137. The van der Waals surface area contributed by atoms with E-state index in [0.717, 1.165) is 39.0 Å². The van der Waals surface area contributed by atoms with Crippen molar-refractivity contribution in [1.29, 1.82) is 0 Å². The summed E-state index contributed by atoms with van der Waals surface area (Å²) in [5.41, 5.74) is 4.36. The Labute approximate surface area is 118 Å². The smallest absolute Gasteiger partial charge is 0.0591 e. The number of hydrogen-bond acceptors (Lipinski definition) is 2. The van der Waals surface area contributed by atoms with Crippen LogP contribution in [0.15, 0.2) is 18.2 Å². The van der Waals surface area contributed by atoms with Crippen molar-refractivity contribution in [3.05, 3.63) is 34.9 Å². The first-order valence-corrected chi connectivity index (χ1v) is 7.59. The highest BCUT2D eigenvalue weighted by Crippen LogP contribution is 2.14. The molecule has 0 radical (unpaired) electrons. The van der Waals surface area contributed by atoms with Crippen LogP contribution < -0.4 is 5.32 Å². The number of rotatable bonds is 9. The average molecular weight is 263 g/mol. The molecule has 0 saturated carbocycles. The highest BCUT2D eigenvalue weighted by molar-refractivity contribution is 5.32. The fourth-order valence-corrected chi connectivity index (χ4v) is 2.22. The summed E-state index contributed by atoms with van der Waals surface area (Å²) in [5, 5.41) is 3.35. The Morgan fingerprint density at radius 3 is 2.42 bits per heavy atom. The lowest BCUT2D eigenvalue weighted by atomic mass is 9.99. The number of nitrogens with one attached hydrogen (secondary N) is 1. The normalized spacial score (nSPS) is 11.2. The monoisotopic (exact) mass is 263 g/mol. The minimum atomic E-state index is 0.539. The van der Waals surface area contributed by atoms with Gasteiger partial charge in [-0.15, -0.1) is 0 Å². The van der Waals surface area contributed by atoms with E-state index in [2.05, 4.69) is 51.2 Å². The summed E-state index contributed by atoms with van der Waals surface area (Å²) in [6.07, 6.45) is 3.26. The number of hydrogen-bond donors (Lipinski definition) is 1. The fraction of sp³-hybridized carbons (Fsp3) is 0.647. The first kappa shape index (κ1) is 16.2. The zero-order valence-corrected chi connectivity index (χ0v) is 13.0. The second-order valence-corrected chi connectivity index (χ2v) is 5.28. The first-order chi connectivity index (χ1) is 9.17. The summed E-state index contributed by atoms with van der Waals surface area (Å²) in [4.78, 5) is 0. The van der Waals surface area contributed by atoms with Gasteiger partial charge in [0, 0.05) is 12.6 Å². The lowest BCUT2D eigenvalue weighted by Gasteiger charge is -2.10. The molecule has 0 spiro atoms. The molecule has 108 valence electrons. The standard InChI is InChI=1S/C17H29NO/c1-5-16-8-7-15(13-17(16)6-2)9-11-19-12-10-18-14(3)4/h7-8,13-14,18H,5-6,9-12H2,1-4H3. The number of ether oxygens (including phenoxy) is 1.